The molecule has 1 aliphatic rings. The maximum Gasteiger partial charge on any atom is 0.225 e. The summed E-state index contributed by atoms with van der Waals surface area (Å²) >= 11 is 7.91. The third-order valence-electron chi connectivity index (χ3n) is 5.52. The van der Waals surface area contributed by atoms with E-state index in [0.717, 1.165) is 22.5 Å². The summed E-state index contributed by atoms with van der Waals surface area (Å²) in [6.45, 7) is 2.18. The summed E-state index contributed by atoms with van der Waals surface area (Å²) in [4.78, 5) is 12.5. The van der Waals surface area contributed by atoms with Gasteiger partial charge in [-0.25, -0.2) is 4.98 Å². The summed E-state index contributed by atoms with van der Waals surface area (Å²) in [6.07, 6.45) is 7.45. The van der Waals surface area contributed by atoms with Crippen LogP contribution >= 0.6 is 22.9 Å². The van der Waals surface area contributed by atoms with Gasteiger partial charge < -0.3 is 4.90 Å². The van der Waals surface area contributed by atoms with E-state index in [1.165, 1.54) is 48.8 Å². The molecule has 3 nitrogen and oxygen atoms in total. The van der Waals surface area contributed by atoms with Crippen molar-refractivity contribution < 1.29 is 0 Å². The third kappa shape index (κ3) is 3.33. The van der Waals surface area contributed by atoms with Crippen molar-refractivity contribution in [3.8, 4) is 11.1 Å². The molecule has 1 aliphatic carbocycles. The molecule has 0 unspecified atom stereocenters. The van der Waals surface area contributed by atoms with Gasteiger partial charge in [0.05, 0.1) is 5.39 Å². The predicted octanol–water partition coefficient (Wildman–Crippen LogP) is 6.34. The van der Waals surface area contributed by atoms with Crippen molar-refractivity contribution in [3.05, 3.63) is 40.5 Å². The summed E-state index contributed by atoms with van der Waals surface area (Å²) in [5, 5.41) is 3.66. The number of thiophene rings is 1. The summed E-state index contributed by atoms with van der Waals surface area (Å²) in [6, 6.07) is 9.37. The van der Waals surface area contributed by atoms with Crippen molar-refractivity contribution in [2.45, 2.75) is 51.5 Å². The Morgan fingerprint density at radius 2 is 1.85 bits per heavy atom. The van der Waals surface area contributed by atoms with Gasteiger partial charge in [-0.05, 0) is 42.0 Å². The number of fused-ring (bicyclic) bond motifs is 1. The normalized spacial score (nSPS) is 15.5. The Morgan fingerprint density at radius 1 is 1.12 bits per heavy atom. The molecular formula is C21H24ClN3S. The minimum absolute atomic E-state index is 0.338. The van der Waals surface area contributed by atoms with Gasteiger partial charge in [-0.3, -0.25) is 0 Å². The van der Waals surface area contributed by atoms with Crippen LogP contribution in [0.4, 0.5) is 5.82 Å². The first-order chi connectivity index (χ1) is 12.7. The van der Waals surface area contributed by atoms with E-state index in [4.69, 9.17) is 11.6 Å². The van der Waals surface area contributed by atoms with Gasteiger partial charge in [-0.15, -0.1) is 11.3 Å². The Balaban J connectivity index is 1.82. The van der Waals surface area contributed by atoms with Crippen LogP contribution in [0.5, 0.6) is 0 Å². The van der Waals surface area contributed by atoms with Crippen molar-refractivity contribution in [2.24, 2.45) is 0 Å². The van der Waals surface area contributed by atoms with E-state index in [1.807, 2.05) is 0 Å². The van der Waals surface area contributed by atoms with Crippen molar-refractivity contribution >= 4 is 39.0 Å². The van der Waals surface area contributed by atoms with E-state index >= 15 is 0 Å². The molecule has 2 heterocycles. The van der Waals surface area contributed by atoms with Crippen molar-refractivity contribution in [2.75, 3.05) is 11.9 Å². The largest absolute Gasteiger partial charge is 0.356 e. The molecule has 1 saturated carbocycles. The zero-order valence-corrected chi connectivity index (χ0v) is 16.9. The van der Waals surface area contributed by atoms with Crippen LogP contribution in [-0.4, -0.2) is 23.1 Å². The number of halogens is 1. The summed E-state index contributed by atoms with van der Waals surface area (Å²) < 4.78 is 0. The van der Waals surface area contributed by atoms with E-state index in [2.05, 4.69) is 58.5 Å². The molecule has 0 bridgehead atoms. The lowest BCUT2D eigenvalue weighted by molar-refractivity contribution is 0.426. The molecule has 0 radical (unpaired) electrons. The summed E-state index contributed by atoms with van der Waals surface area (Å²) in [7, 11) is 2.16. The van der Waals surface area contributed by atoms with Gasteiger partial charge in [-0.2, -0.15) is 4.98 Å². The van der Waals surface area contributed by atoms with Crippen molar-refractivity contribution in [1.29, 1.82) is 0 Å². The Bertz CT molecular complexity index is 898. The highest BCUT2D eigenvalue weighted by Crippen LogP contribution is 2.40. The molecular weight excluding hydrogens is 362 g/mol. The monoisotopic (exact) mass is 385 g/mol. The smallest absolute Gasteiger partial charge is 0.225 e. The number of anilines is 1. The van der Waals surface area contributed by atoms with Crippen LogP contribution in [0.3, 0.4) is 0 Å². The van der Waals surface area contributed by atoms with Gasteiger partial charge in [0.1, 0.15) is 10.6 Å². The second-order valence-corrected chi connectivity index (χ2v) is 8.30. The first kappa shape index (κ1) is 17.7. The molecule has 136 valence electrons. The van der Waals surface area contributed by atoms with Gasteiger partial charge in [0.15, 0.2) is 0 Å². The highest BCUT2D eigenvalue weighted by molar-refractivity contribution is 7.17. The van der Waals surface area contributed by atoms with Crippen LogP contribution in [-0.2, 0) is 6.42 Å². The van der Waals surface area contributed by atoms with Crippen LogP contribution in [0.25, 0.3) is 21.3 Å². The van der Waals surface area contributed by atoms with Gasteiger partial charge >= 0.3 is 0 Å². The molecule has 0 spiro atoms. The number of rotatable bonds is 4. The van der Waals surface area contributed by atoms with Crippen LogP contribution < -0.4 is 4.90 Å². The van der Waals surface area contributed by atoms with Crippen molar-refractivity contribution in [3.63, 3.8) is 0 Å². The first-order valence-electron chi connectivity index (χ1n) is 9.44. The minimum atomic E-state index is 0.338. The fourth-order valence-corrected chi connectivity index (χ4v) is 5.08. The highest BCUT2D eigenvalue weighted by Gasteiger charge is 2.24. The Hall–Kier alpha value is -1.65. The summed E-state index contributed by atoms with van der Waals surface area (Å²) in [5.74, 6) is 0.975. The molecule has 0 atom stereocenters. The zero-order chi connectivity index (χ0) is 18.1. The minimum Gasteiger partial charge on any atom is -0.356 e. The van der Waals surface area contributed by atoms with Crippen LogP contribution in [0, 0.1) is 0 Å². The molecule has 1 aromatic carbocycles. The number of aromatic nitrogens is 2. The van der Waals surface area contributed by atoms with Gasteiger partial charge in [0.25, 0.3) is 0 Å². The van der Waals surface area contributed by atoms with E-state index < -0.39 is 0 Å². The standard InChI is InChI=1S/C21H24ClN3S/c1-3-14-9-11-15(12-10-14)17-13-26-20-18(17)19(23-21(22)24-20)25(2)16-7-5-4-6-8-16/h9-13,16H,3-8H2,1-2H3. The lowest BCUT2D eigenvalue weighted by Crippen LogP contribution is -2.34. The van der Waals surface area contributed by atoms with Crippen molar-refractivity contribution in [1.82, 2.24) is 9.97 Å². The second kappa shape index (κ2) is 7.53. The number of nitrogens with zero attached hydrogens (tertiary/aromatic N) is 3. The summed E-state index contributed by atoms with van der Waals surface area (Å²) in [5.41, 5.74) is 3.78. The molecule has 5 heteroatoms. The molecule has 1 fully saturated rings. The number of benzene rings is 1. The lowest BCUT2D eigenvalue weighted by atomic mass is 9.94. The molecule has 4 rings (SSSR count). The first-order valence-corrected chi connectivity index (χ1v) is 10.7. The second-order valence-electron chi connectivity index (χ2n) is 7.10. The molecule has 2 aromatic heterocycles. The van der Waals surface area contributed by atoms with Gasteiger partial charge in [0.2, 0.25) is 5.28 Å². The number of aryl methyl sites for hydroxylation is 1. The fraction of sp³-hybridized carbons (Fsp3) is 0.429. The maximum atomic E-state index is 6.26. The van der Waals surface area contributed by atoms with Gasteiger partial charge in [-0.1, -0.05) is 50.5 Å². The third-order valence-corrected chi connectivity index (χ3v) is 6.56. The number of hydrogen-bond donors (Lipinski definition) is 0. The predicted molar refractivity (Wildman–Crippen MR) is 113 cm³/mol. The van der Waals surface area contributed by atoms with E-state index in [9.17, 15) is 0 Å². The molecule has 0 N–H and O–H groups in total. The lowest BCUT2D eigenvalue weighted by Gasteiger charge is -2.32. The molecule has 26 heavy (non-hydrogen) atoms. The topological polar surface area (TPSA) is 29.0 Å². The zero-order valence-electron chi connectivity index (χ0n) is 15.3. The van der Waals surface area contributed by atoms with Gasteiger partial charge in [0, 0.05) is 24.0 Å². The Kier molecular flexibility index (Phi) is 5.14. The Morgan fingerprint density at radius 3 is 2.54 bits per heavy atom. The number of hydrogen-bond acceptors (Lipinski definition) is 4. The average molecular weight is 386 g/mol. The molecule has 3 aromatic rings. The molecule has 0 aliphatic heterocycles. The van der Waals surface area contributed by atoms with E-state index in [0.29, 0.717) is 11.3 Å². The molecule has 0 saturated heterocycles. The van der Waals surface area contributed by atoms with Crippen LogP contribution in [0.2, 0.25) is 5.28 Å². The van der Waals surface area contributed by atoms with E-state index in [-0.39, 0.29) is 0 Å². The SMILES string of the molecule is CCc1ccc(-c2csc3nc(Cl)nc(N(C)C4CCCCC4)c23)cc1. The molecule has 0 amide bonds. The average Bonchev–Trinajstić information content (AvgIpc) is 3.11. The van der Waals surface area contributed by atoms with E-state index in [1.54, 1.807) is 11.3 Å². The maximum absolute atomic E-state index is 6.26. The quantitative estimate of drug-likeness (QED) is 0.490. The Labute approximate surface area is 164 Å². The fourth-order valence-electron chi connectivity index (χ4n) is 3.93. The van der Waals surface area contributed by atoms with Crippen LogP contribution in [0.1, 0.15) is 44.6 Å². The highest BCUT2D eigenvalue weighted by atomic mass is 35.5. The van der Waals surface area contributed by atoms with Crippen LogP contribution in [0.15, 0.2) is 29.6 Å².